The van der Waals surface area contributed by atoms with Crippen LogP contribution in [0.4, 0.5) is 13.2 Å². The standard InChI is InChI=1S/C15H17F3N2O/c1-9(8-19)5-11-6-10(2)20-14-4-3-12(7-13(11)14)21-15(16,17)18/h3-4,6-7,9H,5,8,19H2,1-2H3. The third-order valence-corrected chi connectivity index (χ3v) is 3.20. The van der Waals surface area contributed by atoms with Crippen LogP contribution in [0.1, 0.15) is 18.2 Å². The van der Waals surface area contributed by atoms with Gasteiger partial charge in [-0.15, -0.1) is 13.2 Å². The van der Waals surface area contributed by atoms with E-state index in [9.17, 15) is 13.2 Å². The number of hydrogen-bond acceptors (Lipinski definition) is 3. The van der Waals surface area contributed by atoms with Crippen molar-refractivity contribution >= 4 is 10.9 Å². The molecule has 2 rings (SSSR count). The molecule has 2 N–H and O–H groups in total. The lowest BCUT2D eigenvalue weighted by Gasteiger charge is -2.14. The van der Waals surface area contributed by atoms with Crippen molar-refractivity contribution in [3.05, 3.63) is 35.5 Å². The zero-order valence-electron chi connectivity index (χ0n) is 11.9. The van der Waals surface area contributed by atoms with Crippen LogP contribution in [-0.4, -0.2) is 17.9 Å². The minimum absolute atomic E-state index is 0.234. The smallest absolute Gasteiger partial charge is 0.406 e. The molecule has 0 aliphatic carbocycles. The van der Waals surface area contributed by atoms with Gasteiger partial charge in [-0.05, 0) is 55.6 Å². The van der Waals surface area contributed by atoms with Crippen LogP contribution in [0.3, 0.4) is 0 Å². The quantitative estimate of drug-likeness (QED) is 0.938. The number of halogens is 3. The highest BCUT2D eigenvalue weighted by molar-refractivity contribution is 5.84. The lowest BCUT2D eigenvalue weighted by Crippen LogP contribution is -2.17. The Hall–Kier alpha value is -1.82. The van der Waals surface area contributed by atoms with Gasteiger partial charge < -0.3 is 10.5 Å². The van der Waals surface area contributed by atoms with Crippen LogP contribution < -0.4 is 10.5 Å². The Labute approximate surface area is 120 Å². The molecule has 0 bridgehead atoms. The summed E-state index contributed by atoms with van der Waals surface area (Å²) < 4.78 is 40.9. The van der Waals surface area contributed by atoms with Gasteiger partial charge in [-0.1, -0.05) is 6.92 Å². The molecule has 6 heteroatoms. The van der Waals surface area contributed by atoms with E-state index in [1.807, 2.05) is 19.9 Å². The Kier molecular flexibility index (Phi) is 4.37. The molecule has 2 aromatic rings. The number of nitrogens with zero attached hydrogens (tertiary/aromatic N) is 1. The van der Waals surface area contributed by atoms with Crippen LogP contribution in [0.2, 0.25) is 0 Å². The fourth-order valence-electron chi connectivity index (χ4n) is 2.25. The number of aromatic nitrogens is 1. The average Bonchev–Trinajstić information content (AvgIpc) is 2.37. The van der Waals surface area contributed by atoms with Crippen LogP contribution in [0.25, 0.3) is 10.9 Å². The first kappa shape index (κ1) is 15.6. The van der Waals surface area contributed by atoms with Gasteiger partial charge in [-0.2, -0.15) is 0 Å². The normalized spacial score (nSPS) is 13.4. The maximum absolute atomic E-state index is 12.3. The molecule has 114 valence electrons. The molecule has 0 radical (unpaired) electrons. The van der Waals surface area contributed by atoms with Crippen LogP contribution >= 0.6 is 0 Å². The highest BCUT2D eigenvalue weighted by Gasteiger charge is 2.31. The summed E-state index contributed by atoms with van der Waals surface area (Å²) in [6.45, 7) is 4.37. The van der Waals surface area contributed by atoms with E-state index in [0.29, 0.717) is 23.9 Å². The predicted molar refractivity (Wildman–Crippen MR) is 75.1 cm³/mol. The summed E-state index contributed by atoms with van der Waals surface area (Å²) in [7, 11) is 0. The fourth-order valence-corrected chi connectivity index (χ4v) is 2.25. The molecule has 0 amide bonds. The molecule has 1 aromatic carbocycles. The molecule has 0 saturated carbocycles. The number of hydrogen-bond donors (Lipinski definition) is 1. The lowest BCUT2D eigenvalue weighted by molar-refractivity contribution is -0.274. The first-order chi connectivity index (χ1) is 9.78. The number of rotatable bonds is 4. The lowest BCUT2D eigenvalue weighted by atomic mass is 9.97. The Morgan fingerprint density at radius 3 is 2.62 bits per heavy atom. The molecule has 0 aliphatic rings. The second kappa shape index (κ2) is 5.89. The van der Waals surface area contributed by atoms with Crippen molar-refractivity contribution in [2.45, 2.75) is 26.6 Å². The molecule has 21 heavy (non-hydrogen) atoms. The van der Waals surface area contributed by atoms with Gasteiger partial charge in [0, 0.05) is 11.1 Å². The van der Waals surface area contributed by atoms with E-state index in [1.54, 1.807) is 6.07 Å². The molecule has 1 heterocycles. The number of aryl methyl sites for hydroxylation is 1. The zero-order valence-corrected chi connectivity index (χ0v) is 11.9. The summed E-state index contributed by atoms with van der Waals surface area (Å²) in [6.07, 6.45) is -4.01. The van der Waals surface area contributed by atoms with E-state index in [1.165, 1.54) is 12.1 Å². The highest BCUT2D eigenvalue weighted by atomic mass is 19.4. The van der Waals surface area contributed by atoms with E-state index in [0.717, 1.165) is 11.3 Å². The Morgan fingerprint density at radius 1 is 1.29 bits per heavy atom. The zero-order chi connectivity index (χ0) is 15.6. The average molecular weight is 298 g/mol. The first-order valence-corrected chi connectivity index (χ1v) is 6.64. The van der Waals surface area contributed by atoms with Crippen LogP contribution in [0.15, 0.2) is 24.3 Å². The number of benzene rings is 1. The monoisotopic (exact) mass is 298 g/mol. The van der Waals surface area contributed by atoms with E-state index in [2.05, 4.69) is 9.72 Å². The SMILES string of the molecule is Cc1cc(CC(C)CN)c2cc(OC(F)(F)F)ccc2n1. The minimum atomic E-state index is -4.70. The third kappa shape index (κ3) is 4.07. The molecule has 1 aromatic heterocycles. The Bertz CT molecular complexity index is 641. The van der Waals surface area contributed by atoms with E-state index < -0.39 is 6.36 Å². The molecule has 0 fully saturated rings. The second-order valence-electron chi connectivity index (χ2n) is 5.19. The molecule has 1 atom stereocenters. The van der Waals surface area contributed by atoms with Crippen LogP contribution in [-0.2, 0) is 6.42 Å². The second-order valence-corrected chi connectivity index (χ2v) is 5.19. The number of fused-ring (bicyclic) bond motifs is 1. The molecule has 0 spiro atoms. The van der Waals surface area contributed by atoms with Crippen LogP contribution in [0, 0.1) is 12.8 Å². The van der Waals surface area contributed by atoms with Gasteiger partial charge in [-0.25, -0.2) is 0 Å². The largest absolute Gasteiger partial charge is 0.573 e. The maximum Gasteiger partial charge on any atom is 0.573 e. The van der Waals surface area contributed by atoms with Gasteiger partial charge in [0.05, 0.1) is 5.52 Å². The molecule has 0 saturated heterocycles. The van der Waals surface area contributed by atoms with Crippen molar-refractivity contribution in [3.63, 3.8) is 0 Å². The number of ether oxygens (including phenoxy) is 1. The van der Waals surface area contributed by atoms with Gasteiger partial charge in [0.25, 0.3) is 0 Å². The van der Waals surface area contributed by atoms with Crippen molar-refractivity contribution in [2.75, 3.05) is 6.54 Å². The van der Waals surface area contributed by atoms with Gasteiger partial charge in [0.2, 0.25) is 0 Å². The summed E-state index contributed by atoms with van der Waals surface area (Å²) in [5.41, 5.74) is 8.04. The number of nitrogens with two attached hydrogens (primary N) is 1. The van der Waals surface area contributed by atoms with Crippen molar-refractivity contribution < 1.29 is 17.9 Å². The van der Waals surface area contributed by atoms with E-state index in [-0.39, 0.29) is 11.7 Å². The van der Waals surface area contributed by atoms with Crippen molar-refractivity contribution in [1.82, 2.24) is 4.98 Å². The third-order valence-electron chi connectivity index (χ3n) is 3.20. The Morgan fingerprint density at radius 2 is 2.00 bits per heavy atom. The summed E-state index contributed by atoms with van der Waals surface area (Å²) in [5, 5.41) is 0.669. The van der Waals surface area contributed by atoms with E-state index >= 15 is 0 Å². The summed E-state index contributed by atoms with van der Waals surface area (Å²) in [6, 6.07) is 6.08. The fraction of sp³-hybridized carbons (Fsp3) is 0.400. The predicted octanol–water partition coefficient (Wildman–Crippen LogP) is 3.58. The summed E-state index contributed by atoms with van der Waals surface area (Å²) in [5.74, 6) is 0.00416. The van der Waals surface area contributed by atoms with Crippen molar-refractivity contribution in [3.8, 4) is 5.75 Å². The molecular formula is C15H17F3N2O. The number of pyridine rings is 1. The van der Waals surface area contributed by atoms with Crippen LogP contribution in [0.5, 0.6) is 5.75 Å². The summed E-state index contributed by atoms with van der Waals surface area (Å²) in [4.78, 5) is 4.34. The van der Waals surface area contributed by atoms with Gasteiger partial charge >= 0.3 is 6.36 Å². The minimum Gasteiger partial charge on any atom is -0.406 e. The maximum atomic E-state index is 12.3. The molecular weight excluding hydrogens is 281 g/mol. The highest BCUT2D eigenvalue weighted by Crippen LogP contribution is 2.28. The molecule has 0 aliphatic heterocycles. The van der Waals surface area contributed by atoms with Crippen molar-refractivity contribution in [1.29, 1.82) is 0 Å². The van der Waals surface area contributed by atoms with E-state index in [4.69, 9.17) is 5.73 Å². The summed E-state index contributed by atoms with van der Waals surface area (Å²) >= 11 is 0. The first-order valence-electron chi connectivity index (χ1n) is 6.64. The van der Waals surface area contributed by atoms with Crippen molar-refractivity contribution in [2.24, 2.45) is 11.7 Å². The number of alkyl halides is 3. The van der Waals surface area contributed by atoms with Gasteiger partial charge in [0.1, 0.15) is 5.75 Å². The van der Waals surface area contributed by atoms with Gasteiger partial charge in [0.15, 0.2) is 0 Å². The Balaban J connectivity index is 2.47. The molecule has 1 unspecified atom stereocenters. The topological polar surface area (TPSA) is 48.1 Å². The molecule has 3 nitrogen and oxygen atoms in total. The van der Waals surface area contributed by atoms with Gasteiger partial charge in [-0.3, -0.25) is 4.98 Å².